The number of methoxy groups -OCH3 is 1. The molecule has 0 bridgehead atoms. The molecule has 0 aliphatic carbocycles. The predicted molar refractivity (Wildman–Crippen MR) is 129 cm³/mol. The van der Waals surface area contributed by atoms with Gasteiger partial charge in [0.25, 0.3) is 5.91 Å². The van der Waals surface area contributed by atoms with Crippen LogP contribution in [0.25, 0.3) is 0 Å². The third-order valence-electron chi connectivity index (χ3n) is 5.03. The molecule has 172 valence electrons. The molecule has 33 heavy (non-hydrogen) atoms. The van der Waals surface area contributed by atoms with E-state index in [0.29, 0.717) is 29.5 Å². The Kier molecular flexibility index (Phi) is 9.20. The van der Waals surface area contributed by atoms with Crippen LogP contribution < -0.4 is 10.2 Å². The fourth-order valence-electron chi connectivity index (χ4n) is 3.28. The predicted octanol–water partition coefficient (Wildman–Crippen LogP) is 5.45. The molecule has 8 heteroatoms. The molecule has 1 N–H and O–H groups in total. The summed E-state index contributed by atoms with van der Waals surface area (Å²) in [6, 6.07) is 17.1. The lowest BCUT2D eigenvalue weighted by atomic mass is 10.1. The van der Waals surface area contributed by atoms with Crippen LogP contribution >= 0.6 is 11.6 Å². The highest BCUT2D eigenvalue weighted by Crippen LogP contribution is 2.36. The molecule has 3 aromatic rings. The first kappa shape index (κ1) is 24.2. The number of carbonyl (C=O) groups excluding carboxylic acids is 2. The van der Waals surface area contributed by atoms with Crippen molar-refractivity contribution < 1.29 is 14.3 Å². The van der Waals surface area contributed by atoms with E-state index in [1.165, 1.54) is 19.5 Å². The van der Waals surface area contributed by atoms with E-state index in [0.717, 1.165) is 37.1 Å². The van der Waals surface area contributed by atoms with Crippen molar-refractivity contribution in [1.29, 1.82) is 0 Å². The molecule has 0 unspecified atom stereocenters. The minimum absolute atomic E-state index is 0.188. The molecule has 1 heterocycles. The van der Waals surface area contributed by atoms with Gasteiger partial charge in [0.2, 0.25) is 5.95 Å². The van der Waals surface area contributed by atoms with E-state index >= 15 is 0 Å². The number of unbranched alkanes of at least 4 members (excludes halogenated alkanes) is 3. The SMILES string of the molecule is COC(=O)CCCCCCNC(=O)c1cnc(N(c2ccccc2)c2ccccc2Cl)nc1. The number of nitrogens with zero attached hydrogens (tertiary/aromatic N) is 3. The maximum absolute atomic E-state index is 12.4. The van der Waals surface area contributed by atoms with Crippen LogP contribution in [-0.4, -0.2) is 35.5 Å². The summed E-state index contributed by atoms with van der Waals surface area (Å²) in [7, 11) is 1.39. The van der Waals surface area contributed by atoms with Crippen LogP contribution in [0.2, 0.25) is 5.02 Å². The van der Waals surface area contributed by atoms with Crippen molar-refractivity contribution in [3.63, 3.8) is 0 Å². The average molecular weight is 467 g/mol. The maximum atomic E-state index is 12.4. The fraction of sp³-hybridized carbons (Fsp3) is 0.280. The first-order valence-corrected chi connectivity index (χ1v) is 11.2. The highest BCUT2D eigenvalue weighted by atomic mass is 35.5. The Morgan fingerprint density at radius 3 is 2.30 bits per heavy atom. The first-order chi connectivity index (χ1) is 16.1. The second kappa shape index (κ2) is 12.6. The van der Waals surface area contributed by atoms with Gasteiger partial charge < -0.3 is 10.1 Å². The third kappa shape index (κ3) is 7.02. The van der Waals surface area contributed by atoms with Crippen molar-refractivity contribution in [1.82, 2.24) is 15.3 Å². The molecule has 0 atom stereocenters. The number of hydrogen-bond acceptors (Lipinski definition) is 6. The number of para-hydroxylation sites is 2. The number of halogens is 1. The lowest BCUT2D eigenvalue weighted by Gasteiger charge is -2.23. The normalized spacial score (nSPS) is 10.5. The number of anilines is 3. The van der Waals surface area contributed by atoms with Crippen LogP contribution in [-0.2, 0) is 9.53 Å². The van der Waals surface area contributed by atoms with Crippen molar-refractivity contribution in [3.05, 3.63) is 77.6 Å². The van der Waals surface area contributed by atoms with Gasteiger partial charge in [-0.05, 0) is 37.1 Å². The number of hydrogen-bond donors (Lipinski definition) is 1. The maximum Gasteiger partial charge on any atom is 0.305 e. The Labute approximate surface area is 198 Å². The molecule has 2 aromatic carbocycles. The van der Waals surface area contributed by atoms with Gasteiger partial charge in [-0.3, -0.25) is 14.5 Å². The van der Waals surface area contributed by atoms with Crippen molar-refractivity contribution in [3.8, 4) is 0 Å². The van der Waals surface area contributed by atoms with E-state index in [2.05, 4.69) is 20.0 Å². The van der Waals surface area contributed by atoms with Gasteiger partial charge in [0.15, 0.2) is 0 Å². The summed E-state index contributed by atoms with van der Waals surface area (Å²) < 4.78 is 4.62. The smallest absolute Gasteiger partial charge is 0.305 e. The number of nitrogens with one attached hydrogen (secondary N) is 1. The molecule has 1 amide bonds. The lowest BCUT2D eigenvalue weighted by molar-refractivity contribution is -0.140. The number of benzene rings is 2. The molecule has 0 spiro atoms. The summed E-state index contributed by atoms with van der Waals surface area (Å²) in [4.78, 5) is 34.3. The summed E-state index contributed by atoms with van der Waals surface area (Å²) in [6.07, 6.45) is 6.93. The van der Waals surface area contributed by atoms with Crippen molar-refractivity contribution >= 4 is 40.8 Å². The summed E-state index contributed by atoms with van der Waals surface area (Å²) in [5, 5.41) is 3.45. The highest BCUT2D eigenvalue weighted by Gasteiger charge is 2.18. The number of carbonyl (C=O) groups is 2. The average Bonchev–Trinajstić information content (AvgIpc) is 2.85. The summed E-state index contributed by atoms with van der Waals surface area (Å²) in [5.41, 5.74) is 1.99. The summed E-state index contributed by atoms with van der Waals surface area (Å²) in [5.74, 6) is 0.00341. The standard InChI is InChI=1S/C25H27ClN4O3/c1-33-23(31)15-7-2-3-10-16-27-24(32)19-17-28-25(29-18-19)30(20-11-5-4-6-12-20)22-14-9-8-13-21(22)26/h4-6,8-9,11-14,17-18H,2-3,7,10,15-16H2,1H3,(H,27,32). The van der Waals surface area contributed by atoms with Crippen LogP contribution in [0.3, 0.4) is 0 Å². The van der Waals surface area contributed by atoms with Crippen molar-refractivity contribution in [2.45, 2.75) is 32.1 Å². The van der Waals surface area contributed by atoms with E-state index in [9.17, 15) is 9.59 Å². The zero-order chi connectivity index (χ0) is 23.5. The molecule has 0 aliphatic rings. The molecule has 1 aromatic heterocycles. The molecule has 0 aliphatic heterocycles. The van der Waals surface area contributed by atoms with Gasteiger partial charge in [0.1, 0.15) is 0 Å². The van der Waals surface area contributed by atoms with E-state index in [1.54, 1.807) is 0 Å². The van der Waals surface area contributed by atoms with Crippen LogP contribution in [0.1, 0.15) is 42.5 Å². The van der Waals surface area contributed by atoms with E-state index in [4.69, 9.17) is 11.6 Å². The molecule has 0 saturated carbocycles. The third-order valence-corrected chi connectivity index (χ3v) is 5.35. The van der Waals surface area contributed by atoms with Gasteiger partial charge in [0.05, 0.1) is 23.4 Å². The number of aromatic nitrogens is 2. The van der Waals surface area contributed by atoms with Gasteiger partial charge in [-0.1, -0.05) is 54.8 Å². The van der Waals surface area contributed by atoms with Crippen molar-refractivity contribution in [2.24, 2.45) is 0 Å². The largest absolute Gasteiger partial charge is 0.469 e. The van der Waals surface area contributed by atoms with E-state index in [1.807, 2.05) is 59.5 Å². The Morgan fingerprint density at radius 2 is 1.61 bits per heavy atom. The fourth-order valence-corrected chi connectivity index (χ4v) is 3.50. The molecule has 7 nitrogen and oxygen atoms in total. The monoisotopic (exact) mass is 466 g/mol. The second-order valence-corrected chi connectivity index (χ2v) is 7.80. The minimum atomic E-state index is -0.222. The molecule has 0 saturated heterocycles. The van der Waals surface area contributed by atoms with Crippen molar-refractivity contribution in [2.75, 3.05) is 18.6 Å². The van der Waals surface area contributed by atoms with Gasteiger partial charge in [-0.15, -0.1) is 0 Å². The summed E-state index contributed by atoms with van der Waals surface area (Å²) in [6.45, 7) is 0.550. The van der Waals surface area contributed by atoms with Gasteiger partial charge >= 0.3 is 5.97 Å². The topological polar surface area (TPSA) is 84.4 Å². The first-order valence-electron chi connectivity index (χ1n) is 10.9. The zero-order valence-electron chi connectivity index (χ0n) is 18.5. The quantitative estimate of drug-likeness (QED) is 0.298. The number of esters is 1. The Bertz CT molecular complexity index is 1050. The minimum Gasteiger partial charge on any atom is -0.469 e. The Morgan fingerprint density at radius 1 is 0.939 bits per heavy atom. The summed E-state index contributed by atoms with van der Waals surface area (Å²) >= 11 is 6.44. The van der Waals surface area contributed by atoms with Crippen LogP contribution in [0.15, 0.2) is 67.0 Å². The number of amides is 1. The lowest BCUT2D eigenvalue weighted by Crippen LogP contribution is -2.25. The Hall–Kier alpha value is -3.45. The molecule has 3 rings (SSSR count). The van der Waals surface area contributed by atoms with Crippen LogP contribution in [0.5, 0.6) is 0 Å². The molecule has 0 radical (unpaired) electrons. The Balaban J connectivity index is 1.60. The van der Waals surface area contributed by atoms with Gasteiger partial charge in [-0.2, -0.15) is 0 Å². The molecular weight excluding hydrogens is 440 g/mol. The molecule has 0 fully saturated rings. The van der Waals surface area contributed by atoms with E-state index in [-0.39, 0.29) is 11.9 Å². The van der Waals surface area contributed by atoms with Crippen LogP contribution in [0.4, 0.5) is 17.3 Å². The number of rotatable bonds is 11. The van der Waals surface area contributed by atoms with E-state index < -0.39 is 0 Å². The second-order valence-electron chi connectivity index (χ2n) is 7.39. The van der Waals surface area contributed by atoms with Gasteiger partial charge in [-0.25, -0.2) is 9.97 Å². The molecular formula is C25H27ClN4O3. The van der Waals surface area contributed by atoms with Crippen LogP contribution in [0, 0.1) is 0 Å². The van der Waals surface area contributed by atoms with Gasteiger partial charge in [0, 0.05) is 31.0 Å². The number of ether oxygens (including phenoxy) is 1. The zero-order valence-corrected chi connectivity index (χ0v) is 19.3. The highest BCUT2D eigenvalue weighted by molar-refractivity contribution is 6.33.